The quantitative estimate of drug-likeness (QED) is 0.548. The van der Waals surface area contributed by atoms with Crippen LogP contribution in [0.1, 0.15) is 0 Å². The maximum absolute atomic E-state index is 11.9. The molecular formula is C16H14Cl2O5. The Morgan fingerprint density at radius 3 is 1.52 bits per heavy atom. The van der Waals surface area contributed by atoms with E-state index in [2.05, 4.69) is 12.2 Å². The summed E-state index contributed by atoms with van der Waals surface area (Å²) in [6.07, 6.45) is 3.78. The van der Waals surface area contributed by atoms with Crippen molar-refractivity contribution in [3.05, 3.63) is 12.2 Å². The van der Waals surface area contributed by atoms with Crippen LogP contribution in [0.3, 0.4) is 0 Å². The van der Waals surface area contributed by atoms with Crippen LogP contribution in [0.4, 0.5) is 0 Å². The lowest BCUT2D eigenvalue weighted by Gasteiger charge is -2.40. The van der Waals surface area contributed by atoms with Crippen molar-refractivity contribution in [1.29, 1.82) is 0 Å². The molecule has 6 heterocycles. The van der Waals surface area contributed by atoms with Crippen LogP contribution in [0.25, 0.3) is 0 Å². The van der Waals surface area contributed by atoms with Crippen molar-refractivity contribution in [2.24, 2.45) is 35.5 Å². The summed E-state index contributed by atoms with van der Waals surface area (Å²) in [5.41, 5.74) is 0. The molecule has 7 heteroatoms. The highest BCUT2D eigenvalue weighted by Crippen LogP contribution is 2.67. The Bertz CT molecular complexity index is 613. The number of hydrogen-bond acceptors (Lipinski definition) is 5. The minimum atomic E-state index is -0.649. The molecule has 0 aromatic rings. The van der Waals surface area contributed by atoms with Crippen LogP contribution in [0.2, 0.25) is 0 Å². The van der Waals surface area contributed by atoms with E-state index < -0.39 is 22.3 Å². The van der Waals surface area contributed by atoms with Gasteiger partial charge in [-0.25, -0.2) is 0 Å². The Morgan fingerprint density at radius 1 is 0.652 bits per heavy atom. The van der Waals surface area contributed by atoms with E-state index in [1.54, 1.807) is 0 Å². The van der Waals surface area contributed by atoms with E-state index >= 15 is 0 Å². The average molecular weight is 357 g/mol. The van der Waals surface area contributed by atoms with Crippen molar-refractivity contribution in [2.75, 3.05) is 0 Å². The van der Waals surface area contributed by atoms with Crippen LogP contribution in [0, 0.1) is 35.5 Å². The Hall–Kier alpha value is -0.460. The average Bonchev–Trinajstić information content (AvgIpc) is 3.28. The molecule has 5 nitrogen and oxygen atoms in total. The summed E-state index contributed by atoms with van der Waals surface area (Å²) in [6.45, 7) is 0. The number of hydrogen-bond donors (Lipinski definition) is 0. The third-order valence-corrected chi connectivity index (χ3v) is 7.48. The molecule has 0 radical (unpaired) electrons. The number of ether oxygens (including phenoxy) is 3. The lowest BCUT2D eigenvalue weighted by molar-refractivity contribution is -0.126. The molecule has 5 fully saturated rings. The zero-order chi connectivity index (χ0) is 15.6. The van der Waals surface area contributed by atoms with E-state index in [4.69, 9.17) is 37.4 Å². The fourth-order valence-electron chi connectivity index (χ4n) is 6.45. The maximum atomic E-state index is 11.9. The van der Waals surface area contributed by atoms with Crippen LogP contribution in [-0.2, 0) is 23.8 Å². The predicted molar refractivity (Wildman–Crippen MR) is 77.8 cm³/mol. The number of fused-ring (bicyclic) bond motifs is 16. The topological polar surface area (TPSA) is 61.8 Å². The van der Waals surface area contributed by atoms with Gasteiger partial charge in [0, 0.05) is 23.7 Å². The molecule has 0 aromatic heterocycles. The number of halogens is 2. The Kier molecular flexibility index (Phi) is 2.52. The normalized spacial score (nSPS) is 62.9. The summed E-state index contributed by atoms with van der Waals surface area (Å²) in [5, 5.41) is -1.06. The highest BCUT2D eigenvalue weighted by atomic mass is 35.5. The van der Waals surface area contributed by atoms with Crippen molar-refractivity contribution >= 4 is 33.7 Å². The highest BCUT2D eigenvalue weighted by Gasteiger charge is 2.77. The van der Waals surface area contributed by atoms with Crippen molar-refractivity contribution in [3.8, 4) is 0 Å². The molecule has 12 atom stereocenters. The van der Waals surface area contributed by atoms with Gasteiger partial charge in [0.25, 0.3) is 0 Å². The smallest absolute Gasteiger partial charge is 0.228 e. The van der Waals surface area contributed by atoms with Crippen molar-refractivity contribution in [3.63, 3.8) is 0 Å². The number of rotatable bonds is 2. The van der Waals surface area contributed by atoms with Gasteiger partial charge in [-0.15, -0.1) is 0 Å². The maximum Gasteiger partial charge on any atom is 0.228 e. The van der Waals surface area contributed by atoms with Gasteiger partial charge in [0.15, 0.2) is 0 Å². The van der Waals surface area contributed by atoms with Gasteiger partial charge in [-0.05, 0) is 23.2 Å². The Labute approximate surface area is 142 Å². The van der Waals surface area contributed by atoms with Gasteiger partial charge < -0.3 is 14.2 Å². The van der Waals surface area contributed by atoms with Gasteiger partial charge in [0.1, 0.15) is 0 Å². The largest absolute Gasteiger partial charge is 0.373 e. The first-order valence-corrected chi connectivity index (χ1v) is 8.87. The van der Waals surface area contributed by atoms with E-state index in [9.17, 15) is 9.59 Å². The fraction of sp³-hybridized carbons (Fsp3) is 0.750. The first-order valence-electron chi connectivity index (χ1n) is 8.11. The minimum absolute atomic E-state index is 0.0230. The lowest BCUT2D eigenvalue weighted by atomic mass is 9.57. The van der Waals surface area contributed by atoms with E-state index in [0.29, 0.717) is 11.8 Å². The third-order valence-electron chi connectivity index (χ3n) is 6.98. The van der Waals surface area contributed by atoms with Crippen molar-refractivity contribution in [1.82, 2.24) is 0 Å². The predicted octanol–water partition coefficient (Wildman–Crippen LogP) is 1.11. The van der Waals surface area contributed by atoms with Gasteiger partial charge >= 0.3 is 0 Å². The molecule has 12 unspecified atom stereocenters. The van der Waals surface area contributed by atoms with Gasteiger partial charge in [0.05, 0.1) is 48.5 Å². The highest BCUT2D eigenvalue weighted by molar-refractivity contribution is 6.67. The Morgan fingerprint density at radius 2 is 1.09 bits per heavy atom. The molecule has 0 amide bonds. The summed E-state index contributed by atoms with van der Waals surface area (Å²) < 4.78 is 18.4. The molecule has 0 aromatic carbocycles. The molecule has 122 valence electrons. The van der Waals surface area contributed by atoms with Gasteiger partial charge in [-0.1, -0.05) is 12.2 Å². The summed E-state index contributed by atoms with van der Waals surface area (Å²) in [4.78, 5) is 23.8. The van der Waals surface area contributed by atoms with E-state index in [1.165, 1.54) is 0 Å². The second kappa shape index (κ2) is 4.20. The molecule has 0 N–H and O–H groups in total. The summed E-state index contributed by atoms with van der Waals surface area (Å²) in [7, 11) is 0. The third kappa shape index (κ3) is 1.40. The lowest BCUT2D eigenvalue weighted by Crippen LogP contribution is -2.53. The molecule has 6 aliphatic rings. The monoisotopic (exact) mass is 356 g/mol. The summed E-state index contributed by atoms with van der Waals surface area (Å²) >= 11 is 11.6. The second-order valence-electron chi connectivity index (χ2n) is 7.55. The first kappa shape index (κ1) is 13.8. The molecule has 0 saturated carbocycles. The van der Waals surface area contributed by atoms with E-state index in [0.717, 1.165) is 0 Å². The molecule has 6 bridgehead atoms. The van der Waals surface area contributed by atoms with Gasteiger partial charge in [0.2, 0.25) is 10.5 Å². The molecule has 0 spiro atoms. The zero-order valence-electron chi connectivity index (χ0n) is 11.9. The molecule has 5 saturated heterocycles. The van der Waals surface area contributed by atoms with Crippen LogP contribution >= 0.6 is 23.2 Å². The van der Waals surface area contributed by atoms with E-state index in [1.807, 2.05) is 0 Å². The molecule has 23 heavy (non-hydrogen) atoms. The molecule has 0 aliphatic carbocycles. The Balaban J connectivity index is 1.42. The SMILES string of the molecule is O=C(Cl)C1C2OC(C1C(=O)Cl)C1C3OC(C4C5C=CC(O5)C34)C21. The summed E-state index contributed by atoms with van der Waals surface area (Å²) in [5.74, 6) is -0.412. The van der Waals surface area contributed by atoms with Crippen molar-refractivity contribution in [2.45, 2.75) is 36.6 Å². The second-order valence-corrected chi connectivity index (χ2v) is 8.30. The number of carbonyl (C=O) groups is 2. The van der Waals surface area contributed by atoms with Crippen LogP contribution in [0.15, 0.2) is 12.2 Å². The van der Waals surface area contributed by atoms with Crippen molar-refractivity contribution < 1.29 is 23.8 Å². The minimum Gasteiger partial charge on any atom is -0.373 e. The van der Waals surface area contributed by atoms with Gasteiger partial charge in [-0.3, -0.25) is 9.59 Å². The van der Waals surface area contributed by atoms with Crippen LogP contribution < -0.4 is 0 Å². The van der Waals surface area contributed by atoms with E-state index in [-0.39, 0.29) is 48.5 Å². The van der Waals surface area contributed by atoms with Gasteiger partial charge in [-0.2, -0.15) is 0 Å². The molecule has 6 aliphatic heterocycles. The molecule has 6 rings (SSSR count). The standard InChI is InChI=1S/C16H14Cl2O5/c17-15(19)9-10(16(18)20)14-8-7(13(9)23-14)11-5-3-1-2-4(21-3)6(5)12(8)22-11/h1-14H. The van der Waals surface area contributed by atoms with Crippen LogP contribution in [0.5, 0.6) is 0 Å². The fourth-order valence-corrected chi connectivity index (χ4v) is 6.97. The molecular weight excluding hydrogens is 343 g/mol. The van der Waals surface area contributed by atoms with Crippen LogP contribution in [-0.4, -0.2) is 47.1 Å². The number of carbonyl (C=O) groups excluding carboxylic acids is 2. The first-order chi connectivity index (χ1) is 11.1. The summed E-state index contributed by atoms with van der Waals surface area (Å²) in [6, 6.07) is 0. The zero-order valence-corrected chi connectivity index (χ0v) is 13.4.